The Labute approximate surface area is 199 Å². The van der Waals surface area contributed by atoms with E-state index < -0.39 is 12.1 Å². The highest BCUT2D eigenvalue weighted by Crippen LogP contribution is 1.99. The highest BCUT2D eigenvalue weighted by molar-refractivity contribution is 5.81. The molecule has 11 nitrogen and oxygen atoms in total. The summed E-state index contributed by atoms with van der Waals surface area (Å²) in [5.74, 6) is -0.251. The summed E-state index contributed by atoms with van der Waals surface area (Å²) < 4.78 is 16.4. The molecule has 0 aromatic rings. The van der Waals surface area contributed by atoms with E-state index in [0.717, 1.165) is 38.5 Å². The van der Waals surface area contributed by atoms with E-state index in [9.17, 15) is 9.59 Å². The van der Waals surface area contributed by atoms with E-state index in [1.165, 1.54) is 0 Å². The minimum absolute atomic E-state index is 0.125. The predicted octanol–water partition coefficient (Wildman–Crippen LogP) is -1.04. The fourth-order valence-electron chi connectivity index (χ4n) is 2.86. The van der Waals surface area contributed by atoms with Crippen molar-refractivity contribution >= 4 is 11.8 Å². The third-order valence-corrected chi connectivity index (χ3v) is 4.89. The fourth-order valence-corrected chi connectivity index (χ4v) is 2.86. The van der Waals surface area contributed by atoms with E-state index >= 15 is 0 Å². The summed E-state index contributed by atoms with van der Waals surface area (Å²) in [5.41, 5.74) is 22.5. The topological polar surface area (TPSA) is 190 Å². The summed E-state index contributed by atoms with van der Waals surface area (Å²) in [6.45, 7) is 5.37. The summed E-state index contributed by atoms with van der Waals surface area (Å²) in [6.07, 6.45) is 6.25. The third-order valence-electron chi connectivity index (χ3n) is 4.89. The molecule has 10 N–H and O–H groups in total. The molecule has 0 aromatic heterocycles. The van der Waals surface area contributed by atoms with Crippen LogP contribution in [0.4, 0.5) is 0 Å². The van der Waals surface area contributed by atoms with Gasteiger partial charge in [-0.25, -0.2) is 0 Å². The van der Waals surface area contributed by atoms with Crippen LogP contribution in [-0.2, 0) is 23.8 Å². The van der Waals surface area contributed by atoms with Gasteiger partial charge in [0, 0.05) is 26.3 Å². The van der Waals surface area contributed by atoms with Gasteiger partial charge in [-0.1, -0.05) is 12.8 Å². The van der Waals surface area contributed by atoms with Gasteiger partial charge in [0.05, 0.1) is 38.5 Å². The molecule has 0 rings (SSSR count). The van der Waals surface area contributed by atoms with Gasteiger partial charge in [-0.2, -0.15) is 0 Å². The lowest BCUT2D eigenvalue weighted by Crippen LogP contribution is -2.41. The molecule has 196 valence electrons. The van der Waals surface area contributed by atoms with Crippen molar-refractivity contribution in [1.82, 2.24) is 10.6 Å². The Balaban J connectivity index is 3.32. The summed E-state index contributed by atoms with van der Waals surface area (Å²) in [5, 5.41) is 5.63. The lowest BCUT2D eigenvalue weighted by Gasteiger charge is -2.12. The van der Waals surface area contributed by atoms with Crippen LogP contribution in [0.15, 0.2) is 0 Å². The van der Waals surface area contributed by atoms with Crippen LogP contribution in [0, 0.1) is 0 Å². The Morgan fingerprint density at radius 3 is 1.30 bits per heavy atom. The number of unbranched alkanes of at least 4 members (excludes halogenated alkanes) is 2. The normalized spacial score (nSPS) is 13.0. The van der Waals surface area contributed by atoms with Crippen LogP contribution in [-0.4, -0.2) is 89.7 Å². The van der Waals surface area contributed by atoms with Crippen LogP contribution in [0.1, 0.15) is 51.4 Å². The van der Waals surface area contributed by atoms with Crippen LogP contribution in [0.5, 0.6) is 0 Å². The Hall–Kier alpha value is -1.34. The Morgan fingerprint density at radius 1 is 0.576 bits per heavy atom. The maximum absolute atomic E-state index is 11.8. The first-order chi connectivity index (χ1) is 16.0. The van der Waals surface area contributed by atoms with Crippen molar-refractivity contribution in [3.63, 3.8) is 0 Å². The van der Waals surface area contributed by atoms with Gasteiger partial charge >= 0.3 is 0 Å². The van der Waals surface area contributed by atoms with Crippen LogP contribution in [0.2, 0.25) is 0 Å². The lowest BCUT2D eigenvalue weighted by molar-refractivity contribution is -0.123. The van der Waals surface area contributed by atoms with Crippen molar-refractivity contribution in [3.8, 4) is 0 Å². The van der Waals surface area contributed by atoms with Crippen LogP contribution < -0.4 is 33.6 Å². The number of nitrogens with one attached hydrogen (secondary N) is 2. The molecule has 0 bridgehead atoms. The molecular weight excluding hydrogens is 428 g/mol. The Kier molecular flexibility index (Phi) is 22.8. The number of nitrogens with two attached hydrogens (primary N) is 4. The minimum atomic E-state index is -0.471. The van der Waals surface area contributed by atoms with Gasteiger partial charge in [-0.05, 0) is 51.6 Å². The van der Waals surface area contributed by atoms with Gasteiger partial charge in [0.2, 0.25) is 11.8 Å². The highest BCUT2D eigenvalue weighted by Gasteiger charge is 2.12. The number of carbonyl (C=O) groups is 2. The molecule has 2 atom stereocenters. The first-order valence-corrected chi connectivity index (χ1v) is 12.2. The average Bonchev–Trinajstić information content (AvgIpc) is 2.81. The molecule has 33 heavy (non-hydrogen) atoms. The van der Waals surface area contributed by atoms with E-state index in [2.05, 4.69) is 10.6 Å². The zero-order valence-corrected chi connectivity index (χ0v) is 20.2. The molecule has 0 aliphatic rings. The largest absolute Gasteiger partial charge is 0.379 e. The summed E-state index contributed by atoms with van der Waals surface area (Å²) >= 11 is 0. The van der Waals surface area contributed by atoms with Gasteiger partial charge in [0.15, 0.2) is 0 Å². The smallest absolute Gasteiger partial charge is 0.236 e. The van der Waals surface area contributed by atoms with Gasteiger partial charge in [-0.3, -0.25) is 9.59 Å². The summed E-state index contributed by atoms with van der Waals surface area (Å²) in [7, 11) is 0. The Bertz CT molecular complexity index is 433. The van der Waals surface area contributed by atoms with Crippen molar-refractivity contribution in [2.24, 2.45) is 22.9 Å². The van der Waals surface area contributed by atoms with Gasteiger partial charge in [0.1, 0.15) is 0 Å². The quantitative estimate of drug-likeness (QED) is 0.0945. The van der Waals surface area contributed by atoms with E-state index in [1.807, 2.05) is 0 Å². The number of carbonyl (C=O) groups excluding carboxylic acids is 2. The number of ether oxygens (including phenoxy) is 3. The molecule has 0 aliphatic carbocycles. The van der Waals surface area contributed by atoms with E-state index in [-0.39, 0.29) is 11.8 Å². The third kappa shape index (κ3) is 21.0. The van der Waals surface area contributed by atoms with Gasteiger partial charge in [0.25, 0.3) is 0 Å². The summed E-state index contributed by atoms with van der Waals surface area (Å²) in [4.78, 5) is 23.6. The second kappa shape index (κ2) is 23.8. The van der Waals surface area contributed by atoms with Crippen LogP contribution in [0.3, 0.4) is 0 Å². The molecular formula is C22H48N6O5. The number of amides is 2. The van der Waals surface area contributed by atoms with Gasteiger partial charge < -0.3 is 47.8 Å². The molecule has 0 spiro atoms. The lowest BCUT2D eigenvalue weighted by atomic mass is 10.1. The van der Waals surface area contributed by atoms with Crippen LogP contribution in [0.25, 0.3) is 0 Å². The fraction of sp³-hybridized carbons (Fsp3) is 0.909. The van der Waals surface area contributed by atoms with Gasteiger partial charge in [-0.15, -0.1) is 0 Å². The van der Waals surface area contributed by atoms with Crippen molar-refractivity contribution in [3.05, 3.63) is 0 Å². The molecule has 2 unspecified atom stereocenters. The Morgan fingerprint density at radius 2 is 0.939 bits per heavy atom. The van der Waals surface area contributed by atoms with E-state index in [1.54, 1.807) is 0 Å². The molecule has 0 saturated heterocycles. The maximum atomic E-state index is 11.8. The minimum Gasteiger partial charge on any atom is -0.379 e. The molecule has 0 heterocycles. The molecule has 0 fully saturated rings. The zero-order valence-electron chi connectivity index (χ0n) is 20.2. The maximum Gasteiger partial charge on any atom is 0.236 e. The van der Waals surface area contributed by atoms with Crippen molar-refractivity contribution < 1.29 is 23.8 Å². The number of rotatable bonds is 24. The van der Waals surface area contributed by atoms with Crippen molar-refractivity contribution in [1.29, 1.82) is 0 Å². The van der Waals surface area contributed by atoms with E-state index in [0.29, 0.717) is 78.7 Å². The average molecular weight is 477 g/mol. The standard InChI is InChI=1S/C22H48N6O5/c23-9-3-1-7-19(25)21(29)27-11-5-13-31-15-17-33-18-16-32-14-6-12-28-22(30)20(26)8-2-4-10-24/h19-20H,1-18,23-26H2,(H,27,29)(H,28,30). The first kappa shape index (κ1) is 31.7. The molecule has 0 aliphatic heterocycles. The molecule has 0 radical (unpaired) electrons. The number of hydrogen-bond acceptors (Lipinski definition) is 9. The zero-order chi connectivity index (χ0) is 24.6. The van der Waals surface area contributed by atoms with Crippen molar-refractivity contribution in [2.75, 3.05) is 65.8 Å². The molecule has 0 aromatic carbocycles. The predicted molar refractivity (Wildman–Crippen MR) is 129 cm³/mol. The van der Waals surface area contributed by atoms with Crippen LogP contribution >= 0.6 is 0 Å². The highest BCUT2D eigenvalue weighted by atomic mass is 16.5. The molecule has 11 heteroatoms. The monoisotopic (exact) mass is 476 g/mol. The SMILES string of the molecule is NCCCCC(N)C(=O)NCCCOCCOCCOCCCNC(=O)C(N)CCCCN. The first-order valence-electron chi connectivity index (χ1n) is 12.2. The summed E-state index contributed by atoms with van der Waals surface area (Å²) in [6, 6.07) is -0.941. The van der Waals surface area contributed by atoms with E-state index in [4.69, 9.17) is 37.1 Å². The second-order valence-corrected chi connectivity index (χ2v) is 7.91. The molecule has 2 amide bonds. The second-order valence-electron chi connectivity index (χ2n) is 7.91. The molecule has 0 saturated carbocycles. The number of hydrogen-bond donors (Lipinski definition) is 6. The van der Waals surface area contributed by atoms with Crippen molar-refractivity contribution in [2.45, 2.75) is 63.5 Å².